The highest BCUT2D eigenvalue weighted by atomic mass is 16.2. The number of nitrogens with zero attached hydrogens (tertiary/aromatic N) is 1. The molecule has 1 aliphatic heterocycles. The van der Waals surface area contributed by atoms with Crippen LogP contribution in [-0.2, 0) is 14.4 Å². The number of imide groups is 1. The molecule has 2 amide bonds. The minimum absolute atomic E-state index is 0.0153. The van der Waals surface area contributed by atoms with E-state index in [1.54, 1.807) is 7.05 Å². The first kappa shape index (κ1) is 10.8. The zero-order valence-electron chi connectivity index (χ0n) is 8.37. The maximum absolute atomic E-state index is 11.5. The molecule has 14 heavy (non-hydrogen) atoms. The lowest BCUT2D eigenvalue weighted by atomic mass is 10.2. The van der Waals surface area contributed by atoms with Gasteiger partial charge in [0.25, 0.3) is 0 Å². The predicted molar refractivity (Wildman–Crippen MR) is 49.5 cm³/mol. The Morgan fingerprint density at radius 3 is 2.64 bits per heavy atom. The average molecular weight is 198 g/mol. The van der Waals surface area contributed by atoms with Crippen LogP contribution in [0.3, 0.4) is 0 Å². The minimum Gasteiger partial charge on any atom is -0.308 e. The van der Waals surface area contributed by atoms with Crippen LogP contribution in [0.25, 0.3) is 0 Å². The van der Waals surface area contributed by atoms with Gasteiger partial charge in [-0.25, -0.2) is 0 Å². The molecule has 0 radical (unpaired) electrons. The molecule has 1 atom stereocenters. The maximum Gasteiger partial charge on any atom is 0.246 e. The van der Waals surface area contributed by atoms with E-state index in [9.17, 15) is 14.4 Å². The van der Waals surface area contributed by atoms with Gasteiger partial charge < -0.3 is 5.32 Å². The van der Waals surface area contributed by atoms with Gasteiger partial charge in [-0.3, -0.25) is 19.3 Å². The van der Waals surface area contributed by atoms with Gasteiger partial charge in [-0.05, 0) is 14.0 Å². The standard InChI is InChI=1S/C9H14N2O3/c1-6(12)3-4-11-8(13)5-7(10-2)9(11)14/h7,10H,3-5H2,1-2H3. The van der Waals surface area contributed by atoms with Crippen LogP contribution < -0.4 is 5.32 Å². The van der Waals surface area contributed by atoms with E-state index in [1.807, 2.05) is 0 Å². The summed E-state index contributed by atoms with van der Waals surface area (Å²) >= 11 is 0. The highest BCUT2D eigenvalue weighted by molar-refractivity contribution is 6.05. The smallest absolute Gasteiger partial charge is 0.246 e. The summed E-state index contributed by atoms with van der Waals surface area (Å²) in [5.41, 5.74) is 0. The molecule has 5 nitrogen and oxygen atoms in total. The third-order valence-electron chi connectivity index (χ3n) is 2.28. The van der Waals surface area contributed by atoms with E-state index in [4.69, 9.17) is 0 Å². The largest absolute Gasteiger partial charge is 0.308 e. The topological polar surface area (TPSA) is 66.5 Å². The fraction of sp³-hybridized carbons (Fsp3) is 0.667. The highest BCUT2D eigenvalue weighted by Crippen LogP contribution is 2.12. The van der Waals surface area contributed by atoms with E-state index in [-0.39, 0.29) is 37.0 Å². The first-order chi connectivity index (χ1) is 6.56. The van der Waals surface area contributed by atoms with E-state index in [2.05, 4.69) is 5.32 Å². The Bertz CT molecular complexity index is 275. The molecule has 0 saturated carbocycles. The van der Waals surface area contributed by atoms with Crippen molar-refractivity contribution in [1.82, 2.24) is 10.2 Å². The Labute approximate surface area is 82.4 Å². The Kier molecular flexibility index (Phi) is 3.35. The molecule has 5 heteroatoms. The summed E-state index contributed by atoms with van der Waals surface area (Å²) in [7, 11) is 1.64. The molecule has 0 aliphatic carbocycles. The predicted octanol–water partition coefficient (Wildman–Crippen LogP) is -0.688. The number of likely N-dealkylation sites (tertiary alicyclic amines) is 1. The lowest BCUT2D eigenvalue weighted by Crippen LogP contribution is -2.37. The first-order valence-corrected chi connectivity index (χ1v) is 4.57. The van der Waals surface area contributed by atoms with Crippen molar-refractivity contribution in [3.05, 3.63) is 0 Å². The van der Waals surface area contributed by atoms with E-state index in [1.165, 1.54) is 6.92 Å². The van der Waals surface area contributed by atoms with Crippen molar-refractivity contribution in [1.29, 1.82) is 0 Å². The van der Waals surface area contributed by atoms with Gasteiger partial charge in [-0.15, -0.1) is 0 Å². The molecule has 1 unspecified atom stereocenters. The molecular formula is C9H14N2O3. The molecule has 1 rings (SSSR count). The zero-order chi connectivity index (χ0) is 10.7. The van der Waals surface area contributed by atoms with Crippen molar-refractivity contribution in [2.24, 2.45) is 0 Å². The summed E-state index contributed by atoms with van der Waals surface area (Å²) in [4.78, 5) is 34.7. The molecule has 78 valence electrons. The zero-order valence-corrected chi connectivity index (χ0v) is 8.37. The van der Waals surface area contributed by atoms with Gasteiger partial charge in [0.05, 0.1) is 12.5 Å². The van der Waals surface area contributed by atoms with E-state index in [0.29, 0.717) is 0 Å². The Morgan fingerprint density at radius 2 is 2.21 bits per heavy atom. The van der Waals surface area contributed by atoms with Crippen molar-refractivity contribution in [3.8, 4) is 0 Å². The number of carbonyl (C=O) groups excluding carboxylic acids is 3. The number of hydrogen-bond acceptors (Lipinski definition) is 4. The fourth-order valence-electron chi connectivity index (χ4n) is 1.41. The van der Waals surface area contributed by atoms with Crippen LogP contribution in [0.2, 0.25) is 0 Å². The monoisotopic (exact) mass is 198 g/mol. The SMILES string of the molecule is CNC1CC(=O)N(CCC(C)=O)C1=O. The second-order valence-electron chi connectivity index (χ2n) is 3.38. The molecule has 1 N–H and O–H groups in total. The van der Waals surface area contributed by atoms with Gasteiger partial charge in [0.15, 0.2) is 0 Å². The third-order valence-corrected chi connectivity index (χ3v) is 2.28. The van der Waals surface area contributed by atoms with E-state index in [0.717, 1.165) is 4.90 Å². The molecule has 1 fully saturated rings. The molecule has 0 aromatic carbocycles. The number of Topliss-reactive ketones (excluding diaryl/α,β-unsaturated/α-hetero) is 1. The van der Waals surface area contributed by atoms with Crippen molar-refractivity contribution in [2.45, 2.75) is 25.8 Å². The molecular weight excluding hydrogens is 184 g/mol. The number of carbonyl (C=O) groups is 3. The molecule has 0 spiro atoms. The summed E-state index contributed by atoms with van der Waals surface area (Å²) in [6.45, 7) is 1.66. The molecule has 1 aliphatic rings. The Morgan fingerprint density at radius 1 is 1.57 bits per heavy atom. The minimum atomic E-state index is -0.408. The Hall–Kier alpha value is -1.23. The molecule has 1 saturated heterocycles. The highest BCUT2D eigenvalue weighted by Gasteiger charge is 2.37. The van der Waals surface area contributed by atoms with Crippen LogP contribution in [-0.4, -0.2) is 42.1 Å². The molecule has 0 aromatic rings. The third kappa shape index (κ3) is 2.17. The van der Waals surface area contributed by atoms with Gasteiger partial charge in [0.1, 0.15) is 5.78 Å². The van der Waals surface area contributed by atoms with Gasteiger partial charge in [0.2, 0.25) is 11.8 Å². The van der Waals surface area contributed by atoms with E-state index >= 15 is 0 Å². The summed E-state index contributed by atoms with van der Waals surface area (Å²) < 4.78 is 0. The quantitative estimate of drug-likeness (QED) is 0.607. The fourth-order valence-corrected chi connectivity index (χ4v) is 1.41. The molecule has 1 heterocycles. The summed E-state index contributed by atoms with van der Waals surface area (Å²) in [5, 5.41) is 2.76. The second kappa shape index (κ2) is 4.32. The average Bonchev–Trinajstić information content (AvgIpc) is 2.39. The van der Waals surface area contributed by atoms with Crippen LogP contribution in [0.15, 0.2) is 0 Å². The summed E-state index contributed by atoms with van der Waals surface area (Å²) in [5.74, 6) is -0.437. The summed E-state index contributed by atoms with van der Waals surface area (Å²) in [6, 6.07) is -0.408. The van der Waals surface area contributed by atoms with Crippen LogP contribution >= 0.6 is 0 Å². The van der Waals surface area contributed by atoms with Crippen molar-refractivity contribution in [3.63, 3.8) is 0 Å². The van der Waals surface area contributed by atoms with Gasteiger partial charge in [-0.1, -0.05) is 0 Å². The molecule has 0 aromatic heterocycles. The lowest BCUT2D eigenvalue weighted by Gasteiger charge is -2.13. The van der Waals surface area contributed by atoms with Crippen molar-refractivity contribution < 1.29 is 14.4 Å². The Balaban J connectivity index is 2.56. The van der Waals surface area contributed by atoms with Crippen LogP contribution in [0.1, 0.15) is 19.8 Å². The summed E-state index contributed by atoms with van der Waals surface area (Å²) in [6.07, 6.45) is 0.446. The van der Waals surface area contributed by atoms with Crippen LogP contribution in [0.4, 0.5) is 0 Å². The number of rotatable bonds is 4. The van der Waals surface area contributed by atoms with Gasteiger partial charge in [0, 0.05) is 13.0 Å². The number of ketones is 1. The number of hydrogen-bond donors (Lipinski definition) is 1. The second-order valence-corrected chi connectivity index (χ2v) is 3.38. The van der Waals surface area contributed by atoms with Crippen LogP contribution in [0.5, 0.6) is 0 Å². The normalized spacial score (nSPS) is 21.9. The van der Waals surface area contributed by atoms with E-state index < -0.39 is 6.04 Å². The van der Waals surface area contributed by atoms with Crippen molar-refractivity contribution in [2.75, 3.05) is 13.6 Å². The lowest BCUT2D eigenvalue weighted by molar-refractivity contribution is -0.139. The number of amides is 2. The van der Waals surface area contributed by atoms with Crippen LogP contribution in [0, 0.1) is 0 Å². The van der Waals surface area contributed by atoms with Gasteiger partial charge >= 0.3 is 0 Å². The first-order valence-electron chi connectivity index (χ1n) is 4.57. The molecule has 0 bridgehead atoms. The number of likely N-dealkylation sites (N-methyl/N-ethyl adjacent to an activating group) is 1. The maximum atomic E-state index is 11.5. The van der Waals surface area contributed by atoms with Crippen molar-refractivity contribution >= 4 is 17.6 Å². The van der Waals surface area contributed by atoms with Gasteiger partial charge in [-0.2, -0.15) is 0 Å². The number of nitrogens with one attached hydrogen (secondary N) is 1.